The van der Waals surface area contributed by atoms with Crippen LogP contribution < -0.4 is 9.47 Å². The lowest BCUT2D eigenvalue weighted by molar-refractivity contribution is -0.137. The second kappa shape index (κ2) is 7.15. The molecule has 0 bridgehead atoms. The van der Waals surface area contributed by atoms with Gasteiger partial charge in [0.25, 0.3) is 0 Å². The topological polar surface area (TPSA) is 93.1 Å². The largest absolute Gasteiger partial charge is 0.506 e. The zero-order chi connectivity index (χ0) is 20.8. The van der Waals surface area contributed by atoms with Gasteiger partial charge in [0.15, 0.2) is 5.78 Å². The first-order chi connectivity index (χ1) is 13.1. The van der Waals surface area contributed by atoms with Crippen molar-refractivity contribution in [1.29, 1.82) is 0 Å². The molecule has 1 aromatic rings. The van der Waals surface area contributed by atoms with Gasteiger partial charge < -0.3 is 19.7 Å². The predicted octanol–water partition coefficient (Wildman–Crippen LogP) is 4.53. The van der Waals surface area contributed by atoms with Crippen LogP contribution >= 0.6 is 0 Å². The van der Waals surface area contributed by atoms with Crippen molar-refractivity contribution in [1.82, 2.24) is 0 Å². The highest BCUT2D eigenvalue weighted by molar-refractivity contribution is 6.06. The van der Waals surface area contributed by atoms with E-state index < -0.39 is 17.5 Å². The summed E-state index contributed by atoms with van der Waals surface area (Å²) in [6.07, 6.45) is 4.45. The normalized spacial score (nSPS) is 23.2. The van der Waals surface area contributed by atoms with Gasteiger partial charge in [-0.2, -0.15) is 0 Å². The van der Waals surface area contributed by atoms with Crippen molar-refractivity contribution in [2.45, 2.75) is 71.5 Å². The highest BCUT2D eigenvalue weighted by atomic mass is 16.5. The fraction of sp³-hybridized carbons (Fsp3) is 0.545. The molecule has 3 rings (SSSR count). The number of hydrogen-bond donors (Lipinski definition) is 2. The number of carbonyl (C=O) groups excluding carboxylic acids is 1. The van der Waals surface area contributed by atoms with Crippen LogP contribution in [0.2, 0.25) is 0 Å². The Morgan fingerprint density at radius 1 is 1.29 bits per heavy atom. The number of phenolic OH excluding ortho intramolecular Hbond substituents is 1. The summed E-state index contributed by atoms with van der Waals surface area (Å²) in [5, 5.41) is 20.4. The Balaban J connectivity index is 2.34. The van der Waals surface area contributed by atoms with Crippen molar-refractivity contribution in [3.63, 3.8) is 0 Å². The Bertz CT molecular complexity index is 851. The molecular formula is C22H28O6. The molecule has 0 aliphatic carbocycles. The van der Waals surface area contributed by atoms with Gasteiger partial charge >= 0.3 is 5.97 Å². The van der Waals surface area contributed by atoms with Gasteiger partial charge in [0.2, 0.25) is 0 Å². The van der Waals surface area contributed by atoms with E-state index in [1.54, 1.807) is 13.0 Å². The minimum Gasteiger partial charge on any atom is -0.506 e. The number of aliphatic carboxylic acids is 1. The molecule has 0 aromatic heterocycles. The maximum Gasteiger partial charge on any atom is 0.303 e. The van der Waals surface area contributed by atoms with Crippen molar-refractivity contribution < 1.29 is 29.3 Å². The zero-order valence-electron chi connectivity index (χ0n) is 17.0. The van der Waals surface area contributed by atoms with Crippen LogP contribution in [0, 0.1) is 5.92 Å². The van der Waals surface area contributed by atoms with Crippen molar-refractivity contribution in [2.24, 2.45) is 5.92 Å². The SMILES string of the molecule is CCC[C@@H](CC(=O)O)c1c2c(c(O)c3c1O[C@H](C)[C@H](C)C3=O)C=CC(C)(C)O2. The molecule has 1 aromatic carbocycles. The molecule has 152 valence electrons. The second-order valence-corrected chi connectivity index (χ2v) is 8.31. The van der Waals surface area contributed by atoms with Gasteiger partial charge in [0.05, 0.1) is 17.9 Å². The number of carboxylic acid groups (broad SMARTS) is 1. The van der Waals surface area contributed by atoms with Gasteiger partial charge in [-0.1, -0.05) is 20.3 Å². The molecule has 6 nitrogen and oxygen atoms in total. The number of carbonyl (C=O) groups is 2. The molecule has 0 spiro atoms. The summed E-state index contributed by atoms with van der Waals surface area (Å²) in [5.41, 5.74) is 0.508. The number of benzene rings is 1. The van der Waals surface area contributed by atoms with E-state index in [0.717, 1.165) is 6.42 Å². The van der Waals surface area contributed by atoms with E-state index in [0.29, 0.717) is 23.3 Å². The molecule has 0 saturated carbocycles. The van der Waals surface area contributed by atoms with E-state index in [2.05, 4.69) is 0 Å². The van der Waals surface area contributed by atoms with E-state index in [9.17, 15) is 19.8 Å². The smallest absolute Gasteiger partial charge is 0.303 e. The summed E-state index contributed by atoms with van der Waals surface area (Å²) >= 11 is 0. The maximum absolute atomic E-state index is 13.0. The molecule has 2 aliphatic rings. The zero-order valence-corrected chi connectivity index (χ0v) is 17.0. The number of hydrogen-bond acceptors (Lipinski definition) is 5. The quantitative estimate of drug-likeness (QED) is 0.769. The lowest BCUT2D eigenvalue weighted by Gasteiger charge is -2.37. The minimum absolute atomic E-state index is 0.105. The first-order valence-electron chi connectivity index (χ1n) is 9.81. The van der Waals surface area contributed by atoms with Crippen molar-refractivity contribution in [3.8, 4) is 17.2 Å². The number of ether oxygens (including phenoxy) is 2. The average molecular weight is 388 g/mol. The fourth-order valence-corrected chi connectivity index (χ4v) is 3.94. The predicted molar refractivity (Wildman–Crippen MR) is 105 cm³/mol. The van der Waals surface area contributed by atoms with Gasteiger partial charge in [0, 0.05) is 11.5 Å². The maximum atomic E-state index is 13.0. The van der Waals surface area contributed by atoms with Crippen LogP contribution in [0.15, 0.2) is 6.08 Å². The van der Waals surface area contributed by atoms with Crippen LogP contribution in [-0.2, 0) is 4.79 Å². The van der Waals surface area contributed by atoms with E-state index in [4.69, 9.17) is 9.47 Å². The summed E-state index contributed by atoms with van der Waals surface area (Å²) in [5.74, 6) is -1.38. The van der Waals surface area contributed by atoms with Gasteiger partial charge in [-0.3, -0.25) is 9.59 Å². The summed E-state index contributed by atoms with van der Waals surface area (Å²) in [7, 11) is 0. The van der Waals surface area contributed by atoms with Gasteiger partial charge in [-0.05, 0) is 39.3 Å². The van der Waals surface area contributed by atoms with Crippen molar-refractivity contribution in [3.05, 3.63) is 22.8 Å². The number of aromatic hydroxyl groups is 1. The van der Waals surface area contributed by atoms with E-state index in [1.165, 1.54) is 0 Å². The van der Waals surface area contributed by atoms with Crippen LogP contribution in [0.1, 0.15) is 81.3 Å². The number of carboxylic acids is 1. The molecule has 6 heteroatoms. The Morgan fingerprint density at radius 2 is 1.96 bits per heavy atom. The highest BCUT2D eigenvalue weighted by Crippen LogP contribution is 2.53. The molecule has 2 aliphatic heterocycles. The van der Waals surface area contributed by atoms with E-state index in [1.807, 2.05) is 33.8 Å². The van der Waals surface area contributed by atoms with Crippen LogP contribution in [-0.4, -0.2) is 33.7 Å². The Kier molecular flexibility index (Phi) is 5.17. The summed E-state index contributed by atoms with van der Waals surface area (Å²) in [6, 6.07) is 0. The van der Waals surface area contributed by atoms with Crippen LogP contribution in [0.25, 0.3) is 6.08 Å². The minimum atomic E-state index is -0.928. The average Bonchev–Trinajstić information content (AvgIpc) is 2.58. The Labute approximate surface area is 165 Å². The van der Waals surface area contributed by atoms with Gasteiger partial charge in [0.1, 0.15) is 34.5 Å². The number of fused-ring (bicyclic) bond motifs is 2. The molecule has 0 unspecified atom stereocenters. The second-order valence-electron chi connectivity index (χ2n) is 8.31. The first kappa shape index (κ1) is 20.2. The monoisotopic (exact) mass is 388 g/mol. The highest BCUT2D eigenvalue weighted by Gasteiger charge is 2.41. The lowest BCUT2D eigenvalue weighted by Crippen LogP contribution is -2.36. The van der Waals surface area contributed by atoms with Crippen LogP contribution in [0.3, 0.4) is 0 Å². The summed E-state index contributed by atoms with van der Waals surface area (Å²) in [4.78, 5) is 24.6. The molecular weight excluding hydrogens is 360 g/mol. The van der Waals surface area contributed by atoms with Gasteiger partial charge in [-0.15, -0.1) is 0 Å². The lowest BCUT2D eigenvalue weighted by atomic mass is 9.81. The standard InChI is InChI=1S/C22H28O6/c1-6-7-13(10-15(23)24)16-20-14(8-9-22(4,5)28-20)19(26)17-18(25)11(2)12(3)27-21(16)17/h8-9,11-13,26H,6-7,10H2,1-5H3,(H,23,24)/t11-,12+,13-/m0/s1. The Hall–Kier alpha value is -2.50. The first-order valence-corrected chi connectivity index (χ1v) is 9.81. The van der Waals surface area contributed by atoms with Crippen molar-refractivity contribution >= 4 is 17.8 Å². The Morgan fingerprint density at radius 3 is 2.57 bits per heavy atom. The molecule has 0 fully saturated rings. The third kappa shape index (κ3) is 3.36. The van der Waals surface area contributed by atoms with Crippen molar-refractivity contribution in [2.75, 3.05) is 0 Å². The summed E-state index contributed by atoms with van der Waals surface area (Å²) in [6.45, 7) is 9.33. The molecule has 28 heavy (non-hydrogen) atoms. The molecule has 2 heterocycles. The molecule has 0 amide bonds. The molecule has 0 saturated heterocycles. The molecule has 2 N–H and O–H groups in total. The molecule has 3 atom stereocenters. The van der Waals surface area contributed by atoms with E-state index >= 15 is 0 Å². The van der Waals surface area contributed by atoms with E-state index in [-0.39, 0.29) is 41.3 Å². The van der Waals surface area contributed by atoms with Crippen LogP contribution in [0.4, 0.5) is 0 Å². The number of ketones is 1. The number of phenols is 1. The third-order valence-corrected chi connectivity index (χ3v) is 5.60. The van der Waals surface area contributed by atoms with Gasteiger partial charge in [-0.25, -0.2) is 0 Å². The fourth-order valence-electron chi connectivity index (χ4n) is 3.94. The number of Topliss-reactive ketones (excluding diaryl/α,β-unsaturated/α-hetero) is 1. The summed E-state index contributed by atoms with van der Waals surface area (Å²) < 4.78 is 12.3. The van der Waals surface area contributed by atoms with Crippen LogP contribution in [0.5, 0.6) is 17.2 Å². The third-order valence-electron chi connectivity index (χ3n) is 5.60. The molecule has 0 radical (unpaired) electrons. The number of rotatable bonds is 5.